The first-order valence-electron chi connectivity index (χ1n) is 6.69. The van der Waals surface area contributed by atoms with Crippen LogP contribution >= 0.6 is 22.9 Å². The van der Waals surface area contributed by atoms with Gasteiger partial charge in [-0.25, -0.2) is 4.98 Å². The van der Waals surface area contributed by atoms with Crippen LogP contribution in [0.2, 0.25) is 5.02 Å². The Balaban J connectivity index is 1.84. The van der Waals surface area contributed by atoms with Crippen molar-refractivity contribution >= 4 is 33.8 Å². The Kier molecular flexibility index (Phi) is 3.24. The highest BCUT2D eigenvalue weighted by Crippen LogP contribution is 2.26. The van der Waals surface area contributed by atoms with Gasteiger partial charge >= 0.3 is 0 Å². The summed E-state index contributed by atoms with van der Waals surface area (Å²) >= 11 is 7.45. The van der Waals surface area contributed by atoms with Crippen molar-refractivity contribution in [1.29, 1.82) is 0 Å². The molecule has 4 rings (SSSR count). The van der Waals surface area contributed by atoms with E-state index in [0.717, 1.165) is 15.3 Å². The highest BCUT2D eigenvalue weighted by Gasteiger charge is 2.16. The molecule has 0 aliphatic rings. The standard InChI is InChI=1S/C15H9ClN4O2S/c1-7-17-6-12(23-7)13-19-15(22-20-13)10-5-8-4-9(16)2-3-11(8)18-14(10)21/h2-6H,1H3,(H,18,21). The molecule has 8 heteroatoms. The molecule has 0 saturated carbocycles. The summed E-state index contributed by atoms with van der Waals surface area (Å²) in [7, 11) is 0. The second-order valence-corrected chi connectivity index (χ2v) is 6.58. The first-order chi connectivity index (χ1) is 11.1. The molecular weight excluding hydrogens is 336 g/mol. The number of H-pyrrole nitrogens is 1. The van der Waals surface area contributed by atoms with Crippen LogP contribution in [0, 0.1) is 6.92 Å². The zero-order chi connectivity index (χ0) is 16.0. The van der Waals surface area contributed by atoms with Crippen molar-refractivity contribution in [2.75, 3.05) is 0 Å². The highest BCUT2D eigenvalue weighted by molar-refractivity contribution is 7.14. The van der Waals surface area contributed by atoms with Gasteiger partial charge in [-0.2, -0.15) is 4.98 Å². The van der Waals surface area contributed by atoms with Crippen molar-refractivity contribution < 1.29 is 4.52 Å². The van der Waals surface area contributed by atoms with Gasteiger partial charge in [-0.15, -0.1) is 11.3 Å². The van der Waals surface area contributed by atoms with Crippen molar-refractivity contribution in [2.24, 2.45) is 0 Å². The second kappa shape index (κ2) is 5.29. The van der Waals surface area contributed by atoms with E-state index in [1.165, 1.54) is 11.3 Å². The van der Waals surface area contributed by atoms with Gasteiger partial charge in [0.2, 0.25) is 5.82 Å². The van der Waals surface area contributed by atoms with E-state index in [4.69, 9.17) is 16.1 Å². The molecule has 4 aromatic rings. The molecule has 6 nitrogen and oxygen atoms in total. The second-order valence-electron chi connectivity index (χ2n) is 4.91. The van der Waals surface area contributed by atoms with Crippen LogP contribution in [0.25, 0.3) is 33.1 Å². The molecule has 0 aliphatic heterocycles. The van der Waals surface area contributed by atoms with E-state index in [1.807, 2.05) is 6.92 Å². The van der Waals surface area contributed by atoms with Gasteiger partial charge in [-0.3, -0.25) is 4.79 Å². The van der Waals surface area contributed by atoms with Crippen LogP contribution in [-0.2, 0) is 0 Å². The molecule has 3 heterocycles. The Labute approximate surface area is 138 Å². The van der Waals surface area contributed by atoms with Gasteiger partial charge in [0, 0.05) is 22.1 Å². The Morgan fingerprint density at radius 1 is 1.30 bits per heavy atom. The average Bonchev–Trinajstić information content (AvgIpc) is 3.16. The molecule has 0 unspecified atom stereocenters. The summed E-state index contributed by atoms with van der Waals surface area (Å²) in [4.78, 5) is 24.3. The number of nitrogens with one attached hydrogen (secondary N) is 1. The van der Waals surface area contributed by atoms with E-state index in [0.29, 0.717) is 21.9 Å². The summed E-state index contributed by atoms with van der Waals surface area (Å²) in [5.41, 5.74) is 0.705. The van der Waals surface area contributed by atoms with E-state index < -0.39 is 0 Å². The number of aryl methyl sites for hydroxylation is 1. The minimum atomic E-state index is -0.296. The molecule has 0 radical (unpaired) electrons. The first kappa shape index (κ1) is 14.1. The van der Waals surface area contributed by atoms with Crippen LogP contribution in [0.1, 0.15) is 5.01 Å². The smallest absolute Gasteiger partial charge is 0.263 e. The molecule has 114 valence electrons. The molecule has 3 aromatic heterocycles. The SMILES string of the molecule is Cc1ncc(-c2noc(-c3cc4cc(Cl)ccc4[nH]c3=O)n2)s1. The van der Waals surface area contributed by atoms with Gasteiger partial charge in [-0.1, -0.05) is 16.8 Å². The molecule has 1 N–H and O–H groups in total. The number of hydrogen-bond donors (Lipinski definition) is 1. The summed E-state index contributed by atoms with van der Waals surface area (Å²) in [6.45, 7) is 1.90. The maximum Gasteiger partial charge on any atom is 0.263 e. The summed E-state index contributed by atoms with van der Waals surface area (Å²) in [6.07, 6.45) is 1.68. The van der Waals surface area contributed by atoms with Crippen LogP contribution in [0.15, 0.2) is 39.8 Å². The van der Waals surface area contributed by atoms with E-state index in [2.05, 4.69) is 20.1 Å². The third kappa shape index (κ3) is 2.54. The quantitative estimate of drug-likeness (QED) is 0.599. The topological polar surface area (TPSA) is 84.7 Å². The molecule has 0 saturated heterocycles. The number of thiazole rings is 1. The normalized spacial score (nSPS) is 11.2. The lowest BCUT2D eigenvalue weighted by Gasteiger charge is -2.00. The van der Waals surface area contributed by atoms with Crippen LogP contribution < -0.4 is 5.56 Å². The average molecular weight is 345 g/mol. The minimum Gasteiger partial charge on any atom is -0.333 e. The lowest BCUT2D eigenvalue weighted by Crippen LogP contribution is -2.08. The number of aromatic amines is 1. The zero-order valence-corrected chi connectivity index (χ0v) is 13.4. The zero-order valence-electron chi connectivity index (χ0n) is 11.8. The number of halogens is 1. The number of benzene rings is 1. The van der Waals surface area contributed by atoms with Crippen molar-refractivity contribution in [3.05, 3.63) is 50.8 Å². The predicted molar refractivity (Wildman–Crippen MR) is 88.7 cm³/mol. The fourth-order valence-corrected chi connectivity index (χ4v) is 3.12. The summed E-state index contributed by atoms with van der Waals surface area (Å²) in [5, 5.41) is 6.20. The maximum atomic E-state index is 12.2. The monoisotopic (exact) mass is 344 g/mol. The number of nitrogens with zero attached hydrogens (tertiary/aromatic N) is 3. The summed E-state index contributed by atoms with van der Waals surface area (Å²) in [5.74, 6) is 0.574. The molecule has 0 atom stereocenters. The van der Waals surface area contributed by atoms with Crippen LogP contribution in [-0.4, -0.2) is 20.1 Å². The van der Waals surface area contributed by atoms with Gasteiger partial charge in [0.15, 0.2) is 0 Å². The van der Waals surface area contributed by atoms with Crippen molar-refractivity contribution in [2.45, 2.75) is 6.92 Å². The summed E-state index contributed by atoms with van der Waals surface area (Å²) in [6, 6.07) is 6.92. The molecule has 0 amide bonds. The van der Waals surface area contributed by atoms with E-state index in [1.54, 1.807) is 30.5 Å². The number of rotatable bonds is 2. The Bertz CT molecular complexity index is 1080. The van der Waals surface area contributed by atoms with Crippen molar-refractivity contribution in [3.63, 3.8) is 0 Å². The Morgan fingerprint density at radius 2 is 2.17 bits per heavy atom. The molecule has 23 heavy (non-hydrogen) atoms. The van der Waals surface area contributed by atoms with Gasteiger partial charge < -0.3 is 9.51 Å². The van der Waals surface area contributed by atoms with Crippen LogP contribution in [0.5, 0.6) is 0 Å². The van der Waals surface area contributed by atoms with E-state index in [9.17, 15) is 4.79 Å². The number of fused-ring (bicyclic) bond motifs is 1. The fourth-order valence-electron chi connectivity index (χ4n) is 2.23. The largest absolute Gasteiger partial charge is 0.333 e. The van der Waals surface area contributed by atoms with Gasteiger partial charge in [-0.05, 0) is 31.2 Å². The molecule has 1 aromatic carbocycles. The van der Waals surface area contributed by atoms with Crippen molar-refractivity contribution in [3.8, 4) is 22.2 Å². The Morgan fingerprint density at radius 3 is 2.96 bits per heavy atom. The fraction of sp³-hybridized carbons (Fsp3) is 0.0667. The first-order valence-corrected chi connectivity index (χ1v) is 7.89. The summed E-state index contributed by atoms with van der Waals surface area (Å²) < 4.78 is 5.24. The Hall–Kier alpha value is -2.51. The molecule has 0 spiro atoms. The highest BCUT2D eigenvalue weighted by atomic mass is 35.5. The maximum absolute atomic E-state index is 12.2. The van der Waals surface area contributed by atoms with E-state index >= 15 is 0 Å². The van der Waals surface area contributed by atoms with Crippen LogP contribution in [0.4, 0.5) is 0 Å². The molecule has 0 aliphatic carbocycles. The lowest BCUT2D eigenvalue weighted by atomic mass is 10.1. The third-order valence-electron chi connectivity index (χ3n) is 3.30. The van der Waals surface area contributed by atoms with Gasteiger partial charge in [0.1, 0.15) is 5.56 Å². The number of pyridine rings is 1. The third-order valence-corrected chi connectivity index (χ3v) is 4.45. The predicted octanol–water partition coefficient (Wildman–Crippen LogP) is 3.66. The number of aromatic nitrogens is 4. The van der Waals surface area contributed by atoms with Gasteiger partial charge in [0.25, 0.3) is 11.4 Å². The minimum absolute atomic E-state index is 0.161. The van der Waals surface area contributed by atoms with Gasteiger partial charge in [0.05, 0.1) is 9.88 Å². The number of hydrogen-bond acceptors (Lipinski definition) is 6. The van der Waals surface area contributed by atoms with Crippen LogP contribution in [0.3, 0.4) is 0 Å². The molecule has 0 bridgehead atoms. The molecular formula is C15H9ClN4O2S. The van der Waals surface area contributed by atoms with Crippen molar-refractivity contribution in [1.82, 2.24) is 20.1 Å². The lowest BCUT2D eigenvalue weighted by molar-refractivity contribution is 0.432. The molecule has 0 fully saturated rings. The van der Waals surface area contributed by atoms with E-state index in [-0.39, 0.29) is 11.4 Å².